The molecule has 0 spiro atoms. The maximum Gasteiger partial charge on any atom is 0.214 e. The lowest BCUT2D eigenvalue weighted by molar-refractivity contribution is 0.392. The molecule has 0 radical (unpaired) electrons. The number of rotatable bonds is 4. The summed E-state index contributed by atoms with van der Waals surface area (Å²) in [5, 5.41) is 0. The van der Waals surface area contributed by atoms with E-state index in [1.165, 1.54) is 37.7 Å². The molecule has 0 atom stereocenters. The second kappa shape index (κ2) is 6.07. The van der Waals surface area contributed by atoms with Crippen molar-refractivity contribution in [1.29, 1.82) is 0 Å². The van der Waals surface area contributed by atoms with Crippen LogP contribution in [0.25, 0.3) is 0 Å². The van der Waals surface area contributed by atoms with Gasteiger partial charge in [0, 0.05) is 18.7 Å². The number of aryl methyl sites for hydroxylation is 1. The summed E-state index contributed by atoms with van der Waals surface area (Å²) in [5.41, 5.74) is 1.24. The van der Waals surface area contributed by atoms with Gasteiger partial charge in [-0.25, -0.2) is 0 Å². The third-order valence-electron chi connectivity index (χ3n) is 3.88. The number of ether oxygens (including phenoxy) is 1. The van der Waals surface area contributed by atoms with Gasteiger partial charge in [-0.05, 0) is 32.3 Å². The first-order valence-corrected chi connectivity index (χ1v) is 7.04. The van der Waals surface area contributed by atoms with Crippen LogP contribution < -0.4 is 9.64 Å². The maximum atomic E-state index is 5.25. The molecule has 0 N–H and O–H groups in total. The third kappa shape index (κ3) is 2.77. The highest BCUT2D eigenvalue weighted by molar-refractivity contribution is 5.49. The molecule has 1 aliphatic rings. The van der Waals surface area contributed by atoms with Crippen LogP contribution in [0.1, 0.15) is 44.6 Å². The second-order valence-corrected chi connectivity index (χ2v) is 5.07. The number of pyridine rings is 1. The van der Waals surface area contributed by atoms with Gasteiger partial charge in [-0.1, -0.05) is 25.3 Å². The fraction of sp³-hybridized carbons (Fsp3) is 0.667. The highest BCUT2D eigenvalue weighted by Crippen LogP contribution is 2.29. The molecular weight excluding hydrogens is 224 g/mol. The van der Waals surface area contributed by atoms with E-state index in [0.717, 1.165) is 12.4 Å². The summed E-state index contributed by atoms with van der Waals surface area (Å²) in [6.45, 7) is 5.37. The van der Waals surface area contributed by atoms with Gasteiger partial charge in [-0.15, -0.1) is 0 Å². The van der Waals surface area contributed by atoms with E-state index < -0.39 is 0 Å². The van der Waals surface area contributed by atoms with Gasteiger partial charge in [0.05, 0.1) is 7.11 Å². The van der Waals surface area contributed by atoms with Crippen LogP contribution in [0.3, 0.4) is 0 Å². The van der Waals surface area contributed by atoms with Crippen LogP contribution >= 0.6 is 0 Å². The Morgan fingerprint density at radius 2 is 2.00 bits per heavy atom. The molecule has 0 aliphatic heterocycles. The molecule has 0 saturated heterocycles. The van der Waals surface area contributed by atoms with Crippen LogP contribution in [0.15, 0.2) is 12.1 Å². The Hall–Kier alpha value is -1.25. The minimum atomic E-state index is 0.655. The van der Waals surface area contributed by atoms with E-state index in [4.69, 9.17) is 4.74 Å². The lowest BCUT2D eigenvalue weighted by Crippen LogP contribution is -2.37. The molecule has 1 aliphatic carbocycles. The van der Waals surface area contributed by atoms with Crippen LogP contribution in [-0.2, 0) is 0 Å². The van der Waals surface area contributed by atoms with E-state index in [0.29, 0.717) is 11.9 Å². The van der Waals surface area contributed by atoms with Crippen LogP contribution in [-0.4, -0.2) is 24.7 Å². The normalized spacial score (nSPS) is 16.6. The van der Waals surface area contributed by atoms with Crippen molar-refractivity contribution in [3.8, 4) is 5.88 Å². The molecule has 0 unspecified atom stereocenters. The highest BCUT2D eigenvalue weighted by atomic mass is 16.5. The Balaban J connectivity index is 2.25. The fourth-order valence-electron chi connectivity index (χ4n) is 2.88. The number of methoxy groups -OCH3 is 1. The van der Waals surface area contributed by atoms with E-state index in [1.54, 1.807) is 7.11 Å². The lowest BCUT2D eigenvalue weighted by Gasteiger charge is -2.35. The number of aromatic nitrogens is 1. The Morgan fingerprint density at radius 3 is 2.61 bits per heavy atom. The number of anilines is 1. The quantitative estimate of drug-likeness (QED) is 0.814. The minimum absolute atomic E-state index is 0.655. The molecule has 1 aromatic heterocycles. The maximum absolute atomic E-state index is 5.25. The van der Waals surface area contributed by atoms with Crippen molar-refractivity contribution in [3.05, 3.63) is 17.7 Å². The monoisotopic (exact) mass is 248 g/mol. The standard InChI is InChI=1S/C15H24N2O/c1-4-17(13-8-6-5-7-9-13)15-12(2)10-11-14(16-15)18-3/h10-11,13H,4-9H2,1-3H3. The molecule has 1 saturated carbocycles. The smallest absolute Gasteiger partial charge is 0.214 e. The van der Waals surface area contributed by atoms with Crippen LogP contribution in [0.4, 0.5) is 5.82 Å². The summed E-state index contributed by atoms with van der Waals surface area (Å²) in [7, 11) is 1.68. The first-order chi connectivity index (χ1) is 8.76. The van der Waals surface area contributed by atoms with Crippen molar-refractivity contribution in [2.24, 2.45) is 0 Å². The summed E-state index contributed by atoms with van der Waals surface area (Å²) in [5.74, 6) is 1.81. The van der Waals surface area contributed by atoms with Gasteiger partial charge in [0.25, 0.3) is 0 Å². The van der Waals surface area contributed by atoms with Crippen LogP contribution in [0.5, 0.6) is 5.88 Å². The van der Waals surface area contributed by atoms with Gasteiger partial charge >= 0.3 is 0 Å². The van der Waals surface area contributed by atoms with Crippen molar-refractivity contribution < 1.29 is 4.74 Å². The van der Waals surface area contributed by atoms with Gasteiger partial charge in [-0.2, -0.15) is 4.98 Å². The predicted octanol–water partition coefficient (Wildman–Crippen LogP) is 3.56. The highest BCUT2D eigenvalue weighted by Gasteiger charge is 2.22. The molecule has 2 rings (SSSR count). The van der Waals surface area contributed by atoms with Gasteiger partial charge in [-0.3, -0.25) is 0 Å². The molecule has 0 amide bonds. The van der Waals surface area contributed by atoms with E-state index >= 15 is 0 Å². The summed E-state index contributed by atoms with van der Waals surface area (Å²) in [4.78, 5) is 7.10. The fourth-order valence-corrected chi connectivity index (χ4v) is 2.88. The summed E-state index contributed by atoms with van der Waals surface area (Å²) in [6.07, 6.45) is 6.69. The Labute approximate surface area is 110 Å². The van der Waals surface area contributed by atoms with Crippen molar-refractivity contribution in [1.82, 2.24) is 4.98 Å². The van der Waals surface area contributed by atoms with Crippen LogP contribution in [0, 0.1) is 6.92 Å². The predicted molar refractivity (Wildman–Crippen MR) is 75.4 cm³/mol. The molecule has 0 aromatic carbocycles. The minimum Gasteiger partial charge on any atom is -0.481 e. The average Bonchev–Trinajstić information content (AvgIpc) is 2.43. The van der Waals surface area contributed by atoms with E-state index in [-0.39, 0.29) is 0 Å². The third-order valence-corrected chi connectivity index (χ3v) is 3.88. The molecule has 0 bridgehead atoms. The zero-order valence-electron chi connectivity index (χ0n) is 11.8. The lowest BCUT2D eigenvalue weighted by atomic mass is 9.94. The van der Waals surface area contributed by atoms with Gasteiger partial charge in [0.1, 0.15) is 5.82 Å². The van der Waals surface area contributed by atoms with Crippen LogP contribution in [0.2, 0.25) is 0 Å². The molecule has 1 aromatic rings. The second-order valence-electron chi connectivity index (χ2n) is 5.07. The van der Waals surface area contributed by atoms with E-state index in [1.807, 2.05) is 6.07 Å². The zero-order chi connectivity index (χ0) is 13.0. The average molecular weight is 248 g/mol. The summed E-state index contributed by atoms with van der Waals surface area (Å²) < 4.78 is 5.25. The number of hydrogen-bond acceptors (Lipinski definition) is 3. The first kappa shape index (κ1) is 13.2. The molecule has 1 heterocycles. The topological polar surface area (TPSA) is 25.4 Å². The van der Waals surface area contributed by atoms with Gasteiger partial charge in [0.15, 0.2) is 0 Å². The molecule has 3 heteroatoms. The largest absolute Gasteiger partial charge is 0.481 e. The molecule has 18 heavy (non-hydrogen) atoms. The summed E-state index contributed by atoms with van der Waals surface area (Å²) >= 11 is 0. The molecular formula is C15H24N2O. The summed E-state index contributed by atoms with van der Waals surface area (Å²) in [6, 6.07) is 4.70. The number of hydrogen-bond donors (Lipinski definition) is 0. The molecule has 1 fully saturated rings. The molecule has 100 valence electrons. The SMILES string of the molecule is CCN(c1nc(OC)ccc1C)C1CCCCC1. The van der Waals surface area contributed by atoms with Gasteiger partial charge in [0.2, 0.25) is 5.88 Å². The van der Waals surface area contributed by atoms with Crippen molar-refractivity contribution in [3.63, 3.8) is 0 Å². The van der Waals surface area contributed by atoms with E-state index in [9.17, 15) is 0 Å². The molecule has 3 nitrogen and oxygen atoms in total. The van der Waals surface area contributed by atoms with Gasteiger partial charge < -0.3 is 9.64 Å². The number of nitrogens with zero attached hydrogens (tertiary/aromatic N) is 2. The van der Waals surface area contributed by atoms with Crippen molar-refractivity contribution >= 4 is 5.82 Å². The Morgan fingerprint density at radius 1 is 1.28 bits per heavy atom. The zero-order valence-corrected chi connectivity index (χ0v) is 11.8. The first-order valence-electron chi connectivity index (χ1n) is 7.04. The Bertz CT molecular complexity index is 386. The van der Waals surface area contributed by atoms with E-state index in [2.05, 4.69) is 29.8 Å². The van der Waals surface area contributed by atoms with Crippen molar-refractivity contribution in [2.75, 3.05) is 18.6 Å². The van der Waals surface area contributed by atoms with Crippen molar-refractivity contribution in [2.45, 2.75) is 52.0 Å². The Kier molecular flexibility index (Phi) is 4.45.